The zero-order chi connectivity index (χ0) is 18.1. The maximum atomic E-state index is 13.0. The van der Waals surface area contributed by atoms with E-state index < -0.39 is 0 Å². The lowest BCUT2D eigenvalue weighted by Gasteiger charge is -2.34. The van der Waals surface area contributed by atoms with Crippen LogP contribution in [0.25, 0.3) is 0 Å². The first-order valence-electron chi connectivity index (χ1n) is 9.56. The van der Waals surface area contributed by atoms with Crippen LogP contribution in [0.3, 0.4) is 0 Å². The smallest absolute Gasteiger partial charge is 0.229 e. The number of likely N-dealkylation sites (tertiary alicyclic amines) is 1. The van der Waals surface area contributed by atoms with Crippen LogP contribution in [-0.4, -0.2) is 34.0 Å². The monoisotopic (exact) mass is 390 g/mol. The van der Waals surface area contributed by atoms with Crippen LogP contribution in [0.5, 0.6) is 0 Å². The van der Waals surface area contributed by atoms with E-state index in [-0.39, 0.29) is 36.2 Å². The molecule has 3 atom stereocenters. The Balaban J connectivity index is 0.00000210. The molecule has 2 N–H and O–H groups in total. The molecule has 1 aromatic heterocycles. The van der Waals surface area contributed by atoms with Gasteiger partial charge in [0.15, 0.2) is 5.82 Å². The Morgan fingerprint density at radius 1 is 1.22 bits per heavy atom. The summed E-state index contributed by atoms with van der Waals surface area (Å²) in [7, 11) is 0. The van der Waals surface area contributed by atoms with Crippen molar-refractivity contribution in [3.8, 4) is 0 Å². The summed E-state index contributed by atoms with van der Waals surface area (Å²) < 4.78 is 5.40. The van der Waals surface area contributed by atoms with E-state index in [1.165, 1.54) is 0 Å². The molecule has 2 fully saturated rings. The zero-order valence-corrected chi connectivity index (χ0v) is 16.4. The van der Waals surface area contributed by atoms with Gasteiger partial charge in [0.25, 0.3) is 0 Å². The Labute approximate surface area is 165 Å². The second-order valence-corrected chi connectivity index (χ2v) is 7.61. The van der Waals surface area contributed by atoms with Gasteiger partial charge in [0, 0.05) is 31.0 Å². The summed E-state index contributed by atoms with van der Waals surface area (Å²) >= 11 is 0. The summed E-state index contributed by atoms with van der Waals surface area (Å²) in [6.45, 7) is 3.34. The number of hydrogen-bond acceptors (Lipinski definition) is 5. The number of halogens is 1. The molecule has 146 valence electrons. The van der Waals surface area contributed by atoms with Gasteiger partial charge in [-0.25, -0.2) is 0 Å². The van der Waals surface area contributed by atoms with Gasteiger partial charge in [-0.3, -0.25) is 4.79 Å². The predicted molar refractivity (Wildman–Crippen MR) is 105 cm³/mol. The van der Waals surface area contributed by atoms with Gasteiger partial charge in [-0.1, -0.05) is 42.4 Å². The van der Waals surface area contributed by atoms with Crippen molar-refractivity contribution in [2.24, 2.45) is 11.7 Å². The molecule has 0 spiro atoms. The van der Waals surface area contributed by atoms with Crippen molar-refractivity contribution in [2.45, 2.75) is 50.5 Å². The number of piperidine rings is 1. The molecule has 2 aliphatic rings. The normalized spacial score (nSPS) is 22.0. The van der Waals surface area contributed by atoms with Gasteiger partial charge < -0.3 is 15.2 Å². The Morgan fingerprint density at radius 3 is 2.67 bits per heavy atom. The van der Waals surface area contributed by atoms with Crippen LogP contribution >= 0.6 is 12.4 Å². The van der Waals surface area contributed by atoms with Crippen LogP contribution in [0.2, 0.25) is 0 Å². The molecule has 1 amide bonds. The highest BCUT2D eigenvalue weighted by molar-refractivity contribution is 5.85. The van der Waals surface area contributed by atoms with E-state index in [0.717, 1.165) is 49.5 Å². The van der Waals surface area contributed by atoms with E-state index in [2.05, 4.69) is 10.1 Å². The van der Waals surface area contributed by atoms with Crippen molar-refractivity contribution >= 4 is 18.3 Å². The van der Waals surface area contributed by atoms with Crippen LogP contribution in [0.1, 0.15) is 67.8 Å². The fraction of sp³-hybridized carbons (Fsp3) is 0.550. The molecule has 2 aromatic rings. The van der Waals surface area contributed by atoms with E-state index in [1.807, 2.05) is 42.2 Å². The summed E-state index contributed by atoms with van der Waals surface area (Å²) in [4.78, 5) is 19.5. The molecule has 2 heterocycles. The minimum absolute atomic E-state index is 0. The lowest BCUT2D eigenvalue weighted by molar-refractivity contribution is -0.137. The number of benzene rings is 1. The number of amides is 1. The fourth-order valence-electron chi connectivity index (χ4n) is 3.70. The molecule has 7 heteroatoms. The first kappa shape index (κ1) is 19.8. The van der Waals surface area contributed by atoms with Crippen LogP contribution in [-0.2, 0) is 4.79 Å². The first-order chi connectivity index (χ1) is 12.6. The largest absolute Gasteiger partial charge is 0.342 e. The molecular weight excluding hydrogens is 364 g/mol. The van der Waals surface area contributed by atoms with Crippen molar-refractivity contribution in [1.29, 1.82) is 0 Å². The van der Waals surface area contributed by atoms with Gasteiger partial charge >= 0.3 is 0 Å². The quantitative estimate of drug-likeness (QED) is 0.845. The Bertz CT molecular complexity index is 762. The molecule has 0 radical (unpaired) electrons. The van der Waals surface area contributed by atoms with E-state index in [9.17, 15) is 4.79 Å². The highest BCUT2D eigenvalue weighted by atomic mass is 35.5. The summed E-state index contributed by atoms with van der Waals surface area (Å²) in [5, 5.41) is 4.17. The molecule has 6 nitrogen and oxygen atoms in total. The molecule has 1 aliphatic heterocycles. The minimum atomic E-state index is -0.296. The van der Waals surface area contributed by atoms with Crippen LogP contribution < -0.4 is 5.73 Å². The minimum Gasteiger partial charge on any atom is -0.342 e. The molecule has 1 aliphatic carbocycles. The van der Waals surface area contributed by atoms with Gasteiger partial charge in [-0.2, -0.15) is 4.98 Å². The first-order valence-corrected chi connectivity index (χ1v) is 9.56. The number of nitrogens with zero attached hydrogens (tertiary/aromatic N) is 3. The lowest BCUT2D eigenvalue weighted by atomic mass is 9.91. The van der Waals surface area contributed by atoms with Crippen LogP contribution in [0, 0.1) is 5.92 Å². The molecule has 3 unspecified atom stereocenters. The van der Waals surface area contributed by atoms with E-state index in [1.54, 1.807) is 0 Å². The molecule has 1 saturated heterocycles. The van der Waals surface area contributed by atoms with Crippen molar-refractivity contribution in [1.82, 2.24) is 15.0 Å². The topological polar surface area (TPSA) is 85.2 Å². The van der Waals surface area contributed by atoms with Gasteiger partial charge in [0.2, 0.25) is 11.8 Å². The third kappa shape index (κ3) is 4.33. The number of nitrogens with two attached hydrogens (primary N) is 1. The van der Waals surface area contributed by atoms with Gasteiger partial charge in [0.05, 0.1) is 5.92 Å². The molecule has 4 rings (SSSR count). The third-order valence-corrected chi connectivity index (χ3v) is 5.59. The van der Waals surface area contributed by atoms with E-state index in [0.29, 0.717) is 12.5 Å². The zero-order valence-electron chi connectivity index (χ0n) is 15.6. The van der Waals surface area contributed by atoms with Crippen LogP contribution in [0.15, 0.2) is 34.9 Å². The number of hydrogen-bond donors (Lipinski definition) is 1. The van der Waals surface area contributed by atoms with E-state index >= 15 is 0 Å². The Hall–Kier alpha value is -1.92. The third-order valence-electron chi connectivity index (χ3n) is 5.59. The Kier molecular flexibility index (Phi) is 6.17. The van der Waals surface area contributed by atoms with E-state index in [4.69, 9.17) is 10.3 Å². The maximum absolute atomic E-state index is 13.0. The predicted octanol–water partition coefficient (Wildman–Crippen LogP) is 3.41. The van der Waals surface area contributed by atoms with Crippen molar-refractivity contribution in [3.63, 3.8) is 0 Å². The summed E-state index contributed by atoms with van der Waals surface area (Å²) in [6, 6.07) is 9.53. The number of carbonyl (C=O) groups is 1. The highest BCUT2D eigenvalue weighted by Gasteiger charge is 2.34. The average molecular weight is 391 g/mol. The molecule has 0 bridgehead atoms. The van der Waals surface area contributed by atoms with Crippen molar-refractivity contribution in [2.75, 3.05) is 13.1 Å². The summed E-state index contributed by atoms with van der Waals surface area (Å²) in [6.07, 6.45) is 4.24. The van der Waals surface area contributed by atoms with Gasteiger partial charge in [-0.15, -0.1) is 12.4 Å². The average Bonchev–Trinajstić information content (AvgIpc) is 3.43. The second-order valence-electron chi connectivity index (χ2n) is 7.61. The molecule has 1 saturated carbocycles. The summed E-state index contributed by atoms with van der Waals surface area (Å²) in [5.74, 6) is 1.98. The molecule has 27 heavy (non-hydrogen) atoms. The number of carbonyl (C=O) groups excluding carboxylic acids is 1. The van der Waals surface area contributed by atoms with Crippen molar-refractivity contribution in [3.05, 3.63) is 47.6 Å². The fourth-order valence-corrected chi connectivity index (χ4v) is 3.70. The standard InChI is InChI=1S/C20H26N4O2.ClH/c1-13(17(21)14-6-3-2-4-7-14)20(25)24-11-5-8-16(12-24)18-22-19(26-23-18)15-9-10-15;/h2-4,6-7,13,15-17H,5,8-12,21H2,1H3;1H. The SMILES string of the molecule is CC(C(=O)N1CCCC(c2noc(C3CC3)n2)C1)C(N)c1ccccc1.Cl. The van der Waals surface area contributed by atoms with Crippen molar-refractivity contribution < 1.29 is 9.32 Å². The van der Waals surface area contributed by atoms with Gasteiger partial charge in [0.1, 0.15) is 0 Å². The Morgan fingerprint density at radius 2 is 1.96 bits per heavy atom. The highest BCUT2D eigenvalue weighted by Crippen LogP contribution is 2.39. The second kappa shape index (κ2) is 8.40. The lowest BCUT2D eigenvalue weighted by Crippen LogP contribution is -2.44. The van der Waals surface area contributed by atoms with Gasteiger partial charge in [-0.05, 0) is 31.2 Å². The number of rotatable bonds is 5. The molecular formula is C20H27ClN4O2. The van der Waals surface area contributed by atoms with Crippen LogP contribution in [0.4, 0.5) is 0 Å². The summed E-state index contributed by atoms with van der Waals surface area (Å²) in [5.41, 5.74) is 7.34. The molecule has 1 aromatic carbocycles. The number of aromatic nitrogens is 2. The maximum Gasteiger partial charge on any atom is 0.229 e.